The zero-order valence-electron chi connectivity index (χ0n) is 10.0. The van der Waals surface area contributed by atoms with Crippen molar-refractivity contribution in [2.45, 2.75) is 0 Å². The fraction of sp³-hybridized carbons (Fsp3) is 0.364. The molecule has 3 aromatic heterocycles. The monoisotopic (exact) mass is 278 g/mol. The number of fused-ring (bicyclic) bond motifs is 3. The van der Waals surface area contributed by atoms with E-state index in [-0.39, 0.29) is 5.13 Å². The second-order valence-corrected chi connectivity index (χ2v) is 5.42. The number of rotatable bonds is 1. The third kappa shape index (κ3) is 1.67. The molecule has 0 aliphatic carbocycles. The molecule has 6 nitrogen and oxygen atoms in total. The molecule has 1 N–H and O–H groups in total. The molecule has 1 saturated heterocycles. The number of hydrogen-bond donors (Lipinski definition) is 1. The molecule has 1 aliphatic rings. The van der Waals surface area contributed by atoms with E-state index in [4.69, 9.17) is 0 Å². The lowest BCUT2D eigenvalue weighted by Gasteiger charge is -2.28. The van der Waals surface area contributed by atoms with Gasteiger partial charge in [0.05, 0.1) is 5.52 Å². The largest absolute Gasteiger partial charge is 0.351 e. The number of aromatic nitrogens is 4. The predicted octanol–water partition coefficient (Wildman–Crippen LogP) is 0.888. The van der Waals surface area contributed by atoms with E-state index in [0.717, 1.165) is 48.9 Å². The second-order valence-electron chi connectivity index (χ2n) is 4.44. The molecule has 0 saturated carbocycles. The van der Waals surface area contributed by atoms with E-state index in [2.05, 4.69) is 25.4 Å². The van der Waals surface area contributed by atoms with Crippen LogP contribution in [0.5, 0.6) is 0 Å². The second kappa shape index (κ2) is 4.10. The van der Waals surface area contributed by atoms with Crippen LogP contribution in [0.4, 0.5) is 10.2 Å². The van der Waals surface area contributed by atoms with Gasteiger partial charge in [-0.1, -0.05) is 11.3 Å². The lowest BCUT2D eigenvalue weighted by Crippen LogP contribution is -2.44. The van der Waals surface area contributed by atoms with Gasteiger partial charge in [-0.15, -0.1) is 10.2 Å². The Morgan fingerprint density at radius 1 is 1.32 bits per heavy atom. The summed E-state index contributed by atoms with van der Waals surface area (Å²) in [4.78, 5) is 7.42. The van der Waals surface area contributed by atoms with Gasteiger partial charge >= 0.3 is 0 Å². The lowest BCUT2D eigenvalue weighted by molar-refractivity contribution is 0.586. The highest BCUT2D eigenvalue weighted by molar-refractivity contribution is 7.17. The quantitative estimate of drug-likeness (QED) is 0.716. The van der Waals surface area contributed by atoms with E-state index >= 15 is 0 Å². The molecule has 0 amide bonds. The number of hydrogen-bond acceptors (Lipinski definition) is 6. The third-order valence-electron chi connectivity index (χ3n) is 3.29. The molecule has 98 valence electrons. The van der Waals surface area contributed by atoms with Crippen molar-refractivity contribution in [1.82, 2.24) is 24.9 Å². The SMILES string of the molecule is Fc1cc2c(nc(N3CCNCC3)c3nncn32)s1. The summed E-state index contributed by atoms with van der Waals surface area (Å²) in [5, 5.41) is 11.1. The maximum Gasteiger partial charge on any atom is 0.204 e. The average molecular weight is 278 g/mol. The van der Waals surface area contributed by atoms with Crippen LogP contribution in [-0.4, -0.2) is 45.8 Å². The van der Waals surface area contributed by atoms with Crippen molar-refractivity contribution in [3.05, 3.63) is 17.5 Å². The Balaban J connectivity index is 1.98. The van der Waals surface area contributed by atoms with Gasteiger partial charge in [-0.2, -0.15) is 4.39 Å². The van der Waals surface area contributed by atoms with Crippen molar-refractivity contribution in [3.8, 4) is 0 Å². The number of nitrogens with zero attached hydrogens (tertiary/aromatic N) is 5. The van der Waals surface area contributed by atoms with Gasteiger partial charge < -0.3 is 10.2 Å². The van der Waals surface area contributed by atoms with E-state index in [1.165, 1.54) is 6.07 Å². The maximum absolute atomic E-state index is 13.4. The number of nitrogens with one attached hydrogen (secondary N) is 1. The van der Waals surface area contributed by atoms with Crippen molar-refractivity contribution >= 4 is 33.1 Å². The average Bonchev–Trinajstić information content (AvgIpc) is 3.03. The minimum absolute atomic E-state index is 0.241. The van der Waals surface area contributed by atoms with Gasteiger partial charge in [-0.05, 0) is 0 Å². The van der Waals surface area contributed by atoms with Crippen LogP contribution in [0, 0.1) is 5.13 Å². The molecule has 0 aromatic carbocycles. The number of halogens is 1. The molecule has 0 unspecified atom stereocenters. The first-order valence-corrected chi connectivity index (χ1v) is 6.89. The van der Waals surface area contributed by atoms with Crippen molar-refractivity contribution in [3.63, 3.8) is 0 Å². The molecular formula is C11H11FN6S. The highest BCUT2D eigenvalue weighted by Gasteiger charge is 2.19. The zero-order chi connectivity index (χ0) is 12.8. The Labute approximate surface area is 111 Å². The van der Waals surface area contributed by atoms with E-state index < -0.39 is 0 Å². The molecule has 0 radical (unpaired) electrons. The van der Waals surface area contributed by atoms with Crippen LogP contribution >= 0.6 is 11.3 Å². The summed E-state index contributed by atoms with van der Waals surface area (Å²) in [7, 11) is 0. The Morgan fingerprint density at radius 3 is 3.00 bits per heavy atom. The molecule has 8 heteroatoms. The highest BCUT2D eigenvalue weighted by atomic mass is 32.1. The Morgan fingerprint density at radius 2 is 2.16 bits per heavy atom. The lowest BCUT2D eigenvalue weighted by atomic mass is 10.3. The van der Waals surface area contributed by atoms with E-state index in [1.54, 1.807) is 10.7 Å². The van der Waals surface area contributed by atoms with Crippen molar-refractivity contribution in [2.75, 3.05) is 31.1 Å². The minimum atomic E-state index is -0.241. The van der Waals surface area contributed by atoms with Crippen molar-refractivity contribution in [2.24, 2.45) is 0 Å². The number of piperazine rings is 1. The van der Waals surface area contributed by atoms with E-state index in [1.807, 2.05) is 0 Å². The van der Waals surface area contributed by atoms with Crippen LogP contribution < -0.4 is 10.2 Å². The van der Waals surface area contributed by atoms with Gasteiger partial charge in [-0.25, -0.2) is 4.98 Å². The van der Waals surface area contributed by atoms with Crippen LogP contribution in [0.3, 0.4) is 0 Å². The van der Waals surface area contributed by atoms with Crippen molar-refractivity contribution < 1.29 is 4.39 Å². The first-order valence-electron chi connectivity index (χ1n) is 6.07. The summed E-state index contributed by atoms with van der Waals surface area (Å²) in [6, 6.07) is 1.48. The summed E-state index contributed by atoms with van der Waals surface area (Å²) >= 11 is 1.05. The van der Waals surface area contributed by atoms with E-state index in [9.17, 15) is 4.39 Å². The van der Waals surface area contributed by atoms with Crippen LogP contribution in [0.2, 0.25) is 0 Å². The summed E-state index contributed by atoms with van der Waals surface area (Å²) in [6.45, 7) is 3.57. The number of thiophene rings is 1. The molecular weight excluding hydrogens is 267 g/mol. The molecule has 19 heavy (non-hydrogen) atoms. The fourth-order valence-electron chi connectivity index (χ4n) is 2.39. The fourth-order valence-corrected chi connectivity index (χ4v) is 3.14. The topological polar surface area (TPSA) is 58.4 Å². The summed E-state index contributed by atoms with van der Waals surface area (Å²) in [5.41, 5.74) is 1.41. The van der Waals surface area contributed by atoms with Gasteiger partial charge in [0.1, 0.15) is 11.2 Å². The molecule has 1 aliphatic heterocycles. The molecule has 0 bridgehead atoms. The standard InChI is InChI=1S/C11H11FN6S/c12-8-5-7-11(19-8)15-9(10-16-14-6-18(7)10)17-3-1-13-2-4-17/h5-6,13H,1-4H2. The molecule has 4 rings (SSSR count). The smallest absolute Gasteiger partial charge is 0.204 e. The van der Waals surface area contributed by atoms with Crippen LogP contribution in [0.1, 0.15) is 0 Å². The first kappa shape index (κ1) is 11.1. The van der Waals surface area contributed by atoms with Gasteiger partial charge in [0.15, 0.2) is 10.9 Å². The van der Waals surface area contributed by atoms with Gasteiger partial charge in [-0.3, -0.25) is 4.40 Å². The third-order valence-corrected chi connectivity index (χ3v) is 4.10. The molecule has 4 heterocycles. The normalized spacial score (nSPS) is 16.6. The van der Waals surface area contributed by atoms with Crippen LogP contribution in [0.15, 0.2) is 12.4 Å². The Hall–Kier alpha value is -1.80. The summed E-state index contributed by atoms with van der Waals surface area (Å²) in [5.74, 6) is 0.786. The van der Waals surface area contributed by atoms with E-state index in [0.29, 0.717) is 10.5 Å². The summed E-state index contributed by atoms with van der Waals surface area (Å²) < 4.78 is 15.2. The molecule has 0 atom stereocenters. The molecule has 0 spiro atoms. The number of anilines is 1. The predicted molar refractivity (Wildman–Crippen MR) is 71.2 cm³/mol. The minimum Gasteiger partial charge on any atom is -0.351 e. The van der Waals surface area contributed by atoms with Crippen molar-refractivity contribution in [1.29, 1.82) is 0 Å². The van der Waals surface area contributed by atoms with Gasteiger partial charge in [0.2, 0.25) is 5.65 Å². The Bertz CT molecular complexity index is 744. The maximum atomic E-state index is 13.4. The van der Waals surface area contributed by atoms with Crippen LogP contribution in [0.25, 0.3) is 16.0 Å². The van der Waals surface area contributed by atoms with Gasteiger partial charge in [0.25, 0.3) is 0 Å². The highest BCUT2D eigenvalue weighted by Crippen LogP contribution is 2.28. The first-order chi connectivity index (χ1) is 9.33. The molecule has 1 fully saturated rings. The molecule has 3 aromatic rings. The zero-order valence-corrected chi connectivity index (χ0v) is 10.8. The van der Waals surface area contributed by atoms with Gasteiger partial charge in [0, 0.05) is 32.2 Å². The summed E-state index contributed by atoms with van der Waals surface area (Å²) in [6.07, 6.45) is 1.61. The van der Waals surface area contributed by atoms with Crippen LogP contribution in [-0.2, 0) is 0 Å². The Kier molecular flexibility index (Phi) is 2.39.